The van der Waals surface area contributed by atoms with E-state index in [1.165, 1.54) is 0 Å². The lowest BCUT2D eigenvalue weighted by molar-refractivity contribution is -0.0196. The number of nitrogens with one attached hydrogen (secondary N) is 1. The molecule has 0 bridgehead atoms. The molecular weight excluding hydrogens is 308 g/mol. The highest BCUT2D eigenvalue weighted by atomic mass is 79.9. The predicted molar refractivity (Wildman–Crippen MR) is 78.4 cm³/mol. The van der Waals surface area contributed by atoms with Crippen LogP contribution in [0.2, 0.25) is 0 Å². The number of aryl methyl sites for hydroxylation is 1. The van der Waals surface area contributed by atoms with E-state index >= 15 is 0 Å². The van der Waals surface area contributed by atoms with Crippen LogP contribution in [0.25, 0.3) is 0 Å². The molecule has 2 rings (SSSR count). The Morgan fingerprint density at radius 2 is 2.37 bits per heavy atom. The Balaban J connectivity index is 2.08. The number of carbonyl (C=O) groups is 1. The van der Waals surface area contributed by atoms with Crippen molar-refractivity contribution in [2.24, 2.45) is 0 Å². The van der Waals surface area contributed by atoms with Crippen molar-refractivity contribution in [1.82, 2.24) is 10.2 Å². The van der Waals surface area contributed by atoms with Crippen LogP contribution in [-0.2, 0) is 4.74 Å². The van der Waals surface area contributed by atoms with Gasteiger partial charge in [0.2, 0.25) is 0 Å². The van der Waals surface area contributed by atoms with Gasteiger partial charge in [-0.1, -0.05) is 15.9 Å². The molecule has 1 aliphatic rings. The van der Waals surface area contributed by atoms with Crippen molar-refractivity contribution >= 4 is 21.8 Å². The van der Waals surface area contributed by atoms with Gasteiger partial charge in [0.1, 0.15) is 0 Å². The number of amides is 1. The van der Waals surface area contributed by atoms with Crippen molar-refractivity contribution in [3.63, 3.8) is 0 Å². The molecule has 1 unspecified atom stereocenters. The number of nitrogens with zero attached hydrogens (tertiary/aromatic N) is 1. The summed E-state index contributed by atoms with van der Waals surface area (Å²) < 4.78 is 6.64. The van der Waals surface area contributed by atoms with Crippen molar-refractivity contribution in [3.05, 3.63) is 33.8 Å². The molecule has 104 valence electrons. The fraction of sp³-hybridized carbons (Fsp3) is 0.500. The predicted octanol–water partition coefficient (Wildman–Crippen LogP) is 1.82. The zero-order chi connectivity index (χ0) is 13.8. The summed E-state index contributed by atoms with van der Waals surface area (Å²) in [5.41, 5.74) is 1.82. The number of rotatable bonds is 3. The lowest BCUT2D eigenvalue weighted by atomic mass is 10.1. The van der Waals surface area contributed by atoms with Gasteiger partial charge >= 0.3 is 0 Å². The summed E-state index contributed by atoms with van der Waals surface area (Å²) in [6, 6.07) is 5.71. The molecule has 1 amide bonds. The highest BCUT2D eigenvalue weighted by Crippen LogP contribution is 2.19. The number of hydrogen-bond donors (Lipinski definition) is 1. The molecule has 0 saturated carbocycles. The van der Waals surface area contributed by atoms with Crippen molar-refractivity contribution in [1.29, 1.82) is 0 Å². The second kappa shape index (κ2) is 6.50. The van der Waals surface area contributed by atoms with Crippen LogP contribution in [0.5, 0.6) is 0 Å². The quantitative estimate of drug-likeness (QED) is 0.921. The highest BCUT2D eigenvalue weighted by molar-refractivity contribution is 9.10. The largest absolute Gasteiger partial charge is 0.373 e. The first-order valence-electron chi connectivity index (χ1n) is 6.43. The lowest BCUT2D eigenvalue weighted by Crippen LogP contribution is -2.48. The fourth-order valence-corrected chi connectivity index (χ4v) is 2.46. The van der Waals surface area contributed by atoms with Crippen LogP contribution in [0.4, 0.5) is 0 Å². The summed E-state index contributed by atoms with van der Waals surface area (Å²) >= 11 is 3.45. The standard InChI is InChI=1S/C14H19BrN2O2/c1-10-7-11(3-4-13(10)15)14(18)17-5-6-19-12(9-17)8-16-2/h3-4,7,12,16H,5-6,8-9H2,1-2H3. The van der Waals surface area contributed by atoms with Crippen LogP contribution in [0, 0.1) is 6.92 Å². The minimum absolute atomic E-state index is 0.0826. The molecule has 19 heavy (non-hydrogen) atoms. The van der Waals surface area contributed by atoms with Crippen molar-refractivity contribution in [3.8, 4) is 0 Å². The molecule has 0 radical (unpaired) electrons. The zero-order valence-corrected chi connectivity index (χ0v) is 12.9. The third kappa shape index (κ3) is 3.55. The minimum atomic E-state index is 0.0826. The van der Waals surface area contributed by atoms with E-state index in [-0.39, 0.29) is 12.0 Å². The SMILES string of the molecule is CNCC1CN(C(=O)c2ccc(Br)c(C)c2)CCO1. The molecule has 0 aromatic heterocycles. The van der Waals surface area contributed by atoms with E-state index in [0.29, 0.717) is 19.7 Å². The Morgan fingerprint density at radius 3 is 3.05 bits per heavy atom. The van der Waals surface area contributed by atoms with Crippen molar-refractivity contribution < 1.29 is 9.53 Å². The second-order valence-corrected chi connectivity index (χ2v) is 5.62. The van der Waals surface area contributed by atoms with Gasteiger partial charge in [-0.15, -0.1) is 0 Å². The smallest absolute Gasteiger partial charge is 0.254 e. The molecule has 4 nitrogen and oxygen atoms in total. The third-order valence-corrected chi connectivity index (χ3v) is 4.15. The Hall–Kier alpha value is -0.910. The van der Waals surface area contributed by atoms with Gasteiger partial charge in [0.05, 0.1) is 12.7 Å². The van der Waals surface area contributed by atoms with E-state index in [2.05, 4.69) is 21.2 Å². The first-order chi connectivity index (χ1) is 9.11. The van der Waals surface area contributed by atoms with E-state index in [9.17, 15) is 4.79 Å². The number of halogens is 1. The number of morpholine rings is 1. The lowest BCUT2D eigenvalue weighted by Gasteiger charge is -2.33. The summed E-state index contributed by atoms with van der Waals surface area (Å²) in [6.07, 6.45) is 0.0826. The molecule has 1 aromatic carbocycles. The highest BCUT2D eigenvalue weighted by Gasteiger charge is 2.24. The van der Waals surface area contributed by atoms with Crippen LogP contribution >= 0.6 is 15.9 Å². The van der Waals surface area contributed by atoms with Crippen molar-refractivity contribution in [2.75, 3.05) is 33.3 Å². The van der Waals surface area contributed by atoms with Gasteiger partial charge in [0.25, 0.3) is 5.91 Å². The monoisotopic (exact) mass is 326 g/mol. The number of likely N-dealkylation sites (N-methyl/N-ethyl adjacent to an activating group) is 1. The molecule has 0 aliphatic carbocycles. The maximum Gasteiger partial charge on any atom is 0.254 e. The van der Waals surface area contributed by atoms with Crippen LogP contribution in [0.15, 0.2) is 22.7 Å². The van der Waals surface area contributed by atoms with Crippen LogP contribution in [0.3, 0.4) is 0 Å². The molecule has 1 aliphatic heterocycles. The molecule has 0 spiro atoms. The minimum Gasteiger partial charge on any atom is -0.373 e. The number of benzene rings is 1. The molecule has 1 fully saturated rings. The maximum absolute atomic E-state index is 12.4. The maximum atomic E-state index is 12.4. The molecule has 1 aromatic rings. The summed E-state index contributed by atoms with van der Waals surface area (Å²) in [5, 5.41) is 3.08. The average molecular weight is 327 g/mol. The Bertz CT molecular complexity index is 463. The molecule has 5 heteroatoms. The first-order valence-corrected chi connectivity index (χ1v) is 7.22. The number of hydrogen-bond acceptors (Lipinski definition) is 3. The number of ether oxygens (including phenoxy) is 1. The van der Waals surface area contributed by atoms with Gasteiger partial charge in [-0.3, -0.25) is 4.79 Å². The molecule has 1 heterocycles. The molecule has 1 saturated heterocycles. The summed E-state index contributed by atoms with van der Waals surface area (Å²) in [7, 11) is 1.89. The van der Waals surface area contributed by atoms with Crippen LogP contribution in [0.1, 0.15) is 15.9 Å². The first kappa shape index (κ1) is 14.5. The van der Waals surface area contributed by atoms with E-state index in [4.69, 9.17) is 4.74 Å². The van der Waals surface area contributed by atoms with Crippen molar-refractivity contribution in [2.45, 2.75) is 13.0 Å². The Kier molecular flexibility index (Phi) is 4.96. The summed E-state index contributed by atoms with van der Waals surface area (Å²) in [6.45, 7) is 4.67. The Labute approximate surface area is 122 Å². The van der Waals surface area contributed by atoms with E-state index in [1.54, 1.807) is 0 Å². The summed E-state index contributed by atoms with van der Waals surface area (Å²) in [5.74, 6) is 0.0833. The third-order valence-electron chi connectivity index (χ3n) is 3.26. The van der Waals surface area contributed by atoms with E-state index < -0.39 is 0 Å². The molecule has 1 N–H and O–H groups in total. The van der Waals surface area contributed by atoms with E-state index in [1.807, 2.05) is 37.1 Å². The Morgan fingerprint density at radius 1 is 1.58 bits per heavy atom. The second-order valence-electron chi connectivity index (χ2n) is 4.77. The van der Waals surface area contributed by atoms with Gasteiger partial charge in [-0.2, -0.15) is 0 Å². The van der Waals surface area contributed by atoms with Crippen LogP contribution < -0.4 is 5.32 Å². The molecule has 1 atom stereocenters. The van der Waals surface area contributed by atoms with Gasteiger partial charge in [-0.05, 0) is 37.7 Å². The average Bonchev–Trinajstić information content (AvgIpc) is 2.42. The van der Waals surface area contributed by atoms with Crippen LogP contribution in [-0.4, -0.2) is 50.2 Å². The van der Waals surface area contributed by atoms with Gasteiger partial charge < -0.3 is 15.0 Å². The molecular formula is C14H19BrN2O2. The van der Waals surface area contributed by atoms with E-state index in [0.717, 1.165) is 22.1 Å². The van der Waals surface area contributed by atoms with Gasteiger partial charge in [0, 0.05) is 29.7 Å². The number of carbonyl (C=O) groups excluding carboxylic acids is 1. The van der Waals surface area contributed by atoms with Gasteiger partial charge in [0.15, 0.2) is 0 Å². The summed E-state index contributed by atoms with van der Waals surface area (Å²) in [4.78, 5) is 14.3. The topological polar surface area (TPSA) is 41.6 Å². The van der Waals surface area contributed by atoms with Gasteiger partial charge in [-0.25, -0.2) is 0 Å². The zero-order valence-electron chi connectivity index (χ0n) is 11.3. The fourth-order valence-electron chi connectivity index (χ4n) is 2.22. The normalized spacial score (nSPS) is 19.5.